The zero-order valence-electron chi connectivity index (χ0n) is 15.6. The van der Waals surface area contributed by atoms with Crippen LogP contribution in [-0.4, -0.2) is 12.0 Å². The second kappa shape index (κ2) is 8.60. The quantitative estimate of drug-likeness (QED) is 0.569. The fourth-order valence-corrected chi connectivity index (χ4v) is 3.75. The molecule has 28 heavy (non-hydrogen) atoms. The molecule has 0 radical (unpaired) electrons. The van der Waals surface area contributed by atoms with Crippen LogP contribution in [0.25, 0.3) is 0 Å². The van der Waals surface area contributed by atoms with Gasteiger partial charge >= 0.3 is 5.97 Å². The Balaban J connectivity index is 1.57. The first-order chi connectivity index (χ1) is 13.8. The lowest BCUT2D eigenvalue weighted by molar-refractivity contribution is -0.161. The van der Waals surface area contributed by atoms with Gasteiger partial charge in [-0.15, -0.1) is 5.73 Å². The fourth-order valence-electron chi connectivity index (χ4n) is 3.75. The number of para-hydroxylation sites is 1. The van der Waals surface area contributed by atoms with Crippen molar-refractivity contribution in [2.45, 2.75) is 25.0 Å². The molecule has 2 aliphatic rings. The van der Waals surface area contributed by atoms with E-state index in [1.807, 2.05) is 91.0 Å². The fraction of sp³-hybridized carbons (Fsp3) is 0.200. The molecule has 3 atom stereocenters. The average molecular weight is 369 g/mol. The summed E-state index contributed by atoms with van der Waals surface area (Å²) in [6.45, 7) is 0. The highest BCUT2D eigenvalue weighted by atomic mass is 16.5. The molecule has 1 aliphatic heterocycles. The minimum absolute atomic E-state index is 0.149. The van der Waals surface area contributed by atoms with Crippen LogP contribution in [0.1, 0.15) is 24.5 Å². The van der Waals surface area contributed by atoms with Crippen LogP contribution in [0.3, 0.4) is 0 Å². The van der Waals surface area contributed by atoms with E-state index in [-0.39, 0.29) is 24.0 Å². The molecule has 1 fully saturated rings. The molecular formula is C25H23NO2. The number of allylic oxidation sites excluding steroid dienone is 3. The molecular weight excluding hydrogens is 346 g/mol. The summed E-state index contributed by atoms with van der Waals surface area (Å²) >= 11 is 0. The van der Waals surface area contributed by atoms with Crippen molar-refractivity contribution in [3.8, 4) is 0 Å². The van der Waals surface area contributed by atoms with E-state index in [1.165, 1.54) is 0 Å². The van der Waals surface area contributed by atoms with Crippen LogP contribution >= 0.6 is 0 Å². The summed E-state index contributed by atoms with van der Waals surface area (Å²) in [7, 11) is 0. The summed E-state index contributed by atoms with van der Waals surface area (Å²) in [6, 6.07) is 19.8. The predicted molar refractivity (Wildman–Crippen MR) is 112 cm³/mol. The number of cyclic esters (lactones) is 1. The highest BCUT2D eigenvalue weighted by Crippen LogP contribution is 2.35. The van der Waals surface area contributed by atoms with Gasteiger partial charge < -0.3 is 10.1 Å². The lowest BCUT2D eigenvalue weighted by atomic mass is 9.84. The number of anilines is 1. The van der Waals surface area contributed by atoms with Crippen molar-refractivity contribution in [3.05, 3.63) is 108 Å². The van der Waals surface area contributed by atoms with Gasteiger partial charge in [-0.05, 0) is 54.3 Å². The lowest BCUT2D eigenvalue weighted by Crippen LogP contribution is -2.40. The third-order valence-electron chi connectivity index (χ3n) is 5.18. The molecule has 0 bridgehead atoms. The van der Waals surface area contributed by atoms with E-state index in [1.54, 1.807) is 0 Å². The molecule has 2 aromatic carbocycles. The number of carbonyl (C=O) groups excluding carboxylic acids is 1. The summed E-state index contributed by atoms with van der Waals surface area (Å²) in [6.07, 6.45) is 11.2. The maximum atomic E-state index is 13.0. The number of benzene rings is 2. The third kappa shape index (κ3) is 4.16. The van der Waals surface area contributed by atoms with Crippen molar-refractivity contribution in [1.29, 1.82) is 0 Å². The Kier molecular flexibility index (Phi) is 5.56. The number of nitrogens with one attached hydrogen (secondary N) is 1. The van der Waals surface area contributed by atoms with Gasteiger partial charge in [-0.3, -0.25) is 4.79 Å². The van der Waals surface area contributed by atoms with E-state index in [0.29, 0.717) is 0 Å². The number of esters is 1. The van der Waals surface area contributed by atoms with E-state index in [4.69, 9.17) is 4.74 Å². The Morgan fingerprint density at radius 2 is 1.71 bits per heavy atom. The summed E-state index contributed by atoms with van der Waals surface area (Å²) in [4.78, 5) is 13.0. The number of carbonyl (C=O) groups is 1. The van der Waals surface area contributed by atoms with Crippen LogP contribution in [0.15, 0.2) is 102 Å². The normalized spacial score (nSPS) is 22.1. The largest absolute Gasteiger partial charge is 0.457 e. The van der Waals surface area contributed by atoms with Gasteiger partial charge in [-0.1, -0.05) is 60.7 Å². The maximum absolute atomic E-state index is 13.0. The van der Waals surface area contributed by atoms with E-state index in [2.05, 4.69) is 11.0 Å². The van der Waals surface area contributed by atoms with Gasteiger partial charge in [-0.25, -0.2) is 0 Å². The van der Waals surface area contributed by atoms with Gasteiger partial charge in [0.15, 0.2) is 0 Å². The number of ether oxygens (including phenoxy) is 1. The number of hydrogen-bond donors (Lipinski definition) is 1. The Hall–Kier alpha value is -3.29. The first kappa shape index (κ1) is 18.1. The molecule has 3 unspecified atom stereocenters. The van der Waals surface area contributed by atoms with E-state index >= 15 is 0 Å². The molecule has 0 aromatic heterocycles. The Morgan fingerprint density at radius 1 is 0.964 bits per heavy atom. The minimum Gasteiger partial charge on any atom is -0.457 e. The monoisotopic (exact) mass is 369 g/mol. The molecule has 0 amide bonds. The topological polar surface area (TPSA) is 38.3 Å². The molecule has 0 spiro atoms. The van der Waals surface area contributed by atoms with E-state index in [9.17, 15) is 4.79 Å². The Bertz CT molecular complexity index is 937. The second-order valence-electron chi connectivity index (χ2n) is 7.03. The SMILES string of the molecule is O=C1OC(c2ccccc2)CCC1C(Nc1ccccc1)C1=CC=C=CC=C1. The summed E-state index contributed by atoms with van der Waals surface area (Å²) in [5.41, 5.74) is 6.17. The van der Waals surface area contributed by atoms with Gasteiger partial charge in [0.05, 0.1) is 12.0 Å². The molecule has 1 N–H and O–H groups in total. The van der Waals surface area contributed by atoms with Gasteiger partial charge in [0, 0.05) is 5.69 Å². The van der Waals surface area contributed by atoms with Crippen LogP contribution in [0.5, 0.6) is 0 Å². The van der Waals surface area contributed by atoms with Crippen LogP contribution in [-0.2, 0) is 9.53 Å². The lowest BCUT2D eigenvalue weighted by Gasteiger charge is -2.34. The number of rotatable bonds is 5. The van der Waals surface area contributed by atoms with Crippen molar-refractivity contribution >= 4 is 11.7 Å². The highest BCUT2D eigenvalue weighted by Gasteiger charge is 2.37. The van der Waals surface area contributed by atoms with Crippen LogP contribution in [0, 0.1) is 5.92 Å². The molecule has 3 nitrogen and oxygen atoms in total. The van der Waals surface area contributed by atoms with Gasteiger partial charge in [0.1, 0.15) is 6.10 Å². The van der Waals surface area contributed by atoms with Gasteiger partial charge in [-0.2, -0.15) is 0 Å². The zero-order chi connectivity index (χ0) is 19.2. The maximum Gasteiger partial charge on any atom is 0.311 e. The molecule has 1 saturated heterocycles. The first-order valence-corrected chi connectivity index (χ1v) is 9.67. The second-order valence-corrected chi connectivity index (χ2v) is 7.03. The number of hydrogen-bond acceptors (Lipinski definition) is 3. The minimum atomic E-state index is -0.248. The average Bonchev–Trinajstić information content (AvgIpc) is 3.03. The van der Waals surface area contributed by atoms with Gasteiger partial charge in [0.25, 0.3) is 0 Å². The Morgan fingerprint density at radius 3 is 2.46 bits per heavy atom. The highest BCUT2D eigenvalue weighted by molar-refractivity contribution is 5.76. The third-order valence-corrected chi connectivity index (χ3v) is 5.18. The first-order valence-electron chi connectivity index (χ1n) is 9.67. The zero-order valence-corrected chi connectivity index (χ0v) is 15.6. The predicted octanol–water partition coefficient (Wildman–Crippen LogP) is 5.37. The molecule has 1 aliphatic carbocycles. The molecule has 2 aromatic rings. The van der Waals surface area contributed by atoms with E-state index in [0.717, 1.165) is 29.7 Å². The van der Waals surface area contributed by atoms with Crippen molar-refractivity contribution < 1.29 is 9.53 Å². The molecule has 0 saturated carbocycles. The Labute approximate surface area is 165 Å². The van der Waals surface area contributed by atoms with Crippen molar-refractivity contribution in [2.75, 3.05) is 5.32 Å². The standard InChI is InChI=1S/C25H23NO2/c27-25-22(17-18-23(28-25)19-11-7-3-8-12-19)24(20-13-5-1-2-6-14-20)26-21-15-9-4-10-16-21/h1,3-16,22-24,26H,17-18H2. The van der Waals surface area contributed by atoms with Crippen molar-refractivity contribution in [2.24, 2.45) is 5.92 Å². The molecule has 3 heteroatoms. The van der Waals surface area contributed by atoms with Crippen LogP contribution in [0.2, 0.25) is 0 Å². The van der Waals surface area contributed by atoms with Crippen LogP contribution < -0.4 is 5.32 Å². The van der Waals surface area contributed by atoms with E-state index < -0.39 is 0 Å². The molecule has 140 valence electrons. The van der Waals surface area contributed by atoms with Crippen LogP contribution in [0.4, 0.5) is 5.69 Å². The smallest absolute Gasteiger partial charge is 0.311 e. The molecule has 1 heterocycles. The van der Waals surface area contributed by atoms with Crippen molar-refractivity contribution in [3.63, 3.8) is 0 Å². The summed E-state index contributed by atoms with van der Waals surface area (Å²) < 4.78 is 5.86. The summed E-state index contributed by atoms with van der Waals surface area (Å²) in [5, 5.41) is 3.55. The van der Waals surface area contributed by atoms with Gasteiger partial charge in [0.2, 0.25) is 0 Å². The summed E-state index contributed by atoms with van der Waals surface area (Å²) in [5.74, 6) is -0.397. The molecule has 4 rings (SSSR count). The van der Waals surface area contributed by atoms with Crippen molar-refractivity contribution in [1.82, 2.24) is 0 Å².